The van der Waals surface area contributed by atoms with Gasteiger partial charge in [-0.25, -0.2) is 0 Å². The van der Waals surface area contributed by atoms with Crippen LogP contribution in [-0.4, -0.2) is 31.6 Å². The van der Waals surface area contributed by atoms with E-state index in [-0.39, 0.29) is 0 Å². The Morgan fingerprint density at radius 1 is 1.08 bits per heavy atom. The fourth-order valence-corrected chi connectivity index (χ4v) is 3.51. The van der Waals surface area contributed by atoms with Crippen molar-refractivity contribution >= 4 is 0 Å². The molecule has 3 nitrogen and oxygen atoms in total. The first-order chi connectivity index (χ1) is 11.8. The molecule has 0 radical (unpaired) electrons. The van der Waals surface area contributed by atoms with Gasteiger partial charge < -0.3 is 10.1 Å². The minimum absolute atomic E-state index is 0.434. The van der Waals surface area contributed by atoms with E-state index in [1.807, 2.05) is 0 Å². The largest absolute Gasteiger partial charge is 0.497 e. The van der Waals surface area contributed by atoms with Crippen LogP contribution < -0.4 is 10.1 Å². The van der Waals surface area contributed by atoms with Gasteiger partial charge in [0.1, 0.15) is 5.75 Å². The predicted octanol–water partition coefficient (Wildman–Crippen LogP) is 3.93. The molecule has 0 spiro atoms. The number of ether oxygens (including phenoxy) is 1. The van der Waals surface area contributed by atoms with Crippen molar-refractivity contribution in [3.63, 3.8) is 0 Å². The summed E-state index contributed by atoms with van der Waals surface area (Å²) in [5, 5.41) is 3.66. The molecule has 0 saturated carbocycles. The van der Waals surface area contributed by atoms with Gasteiger partial charge in [0.25, 0.3) is 0 Å². The van der Waals surface area contributed by atoms with Crippen molar-refractivity contribution < 1.29 is 4.74 Å². The zero-order valence-electron chi connectivity index (χ0n) is 14.8. The Hall–Kier alpha value is -1.84. The number of benzene rings is 2. The predicted molar refractivity (Wildman–Crippen MR) is 99.4 cm³/mol. The molecule has 1 aliphatic heterocycles. The van der Waals surface area contributed by atoms with Crippen LogP contribution >= 0.6 is 0 Å². The third kappa shape index (κ3) is 4.37. The number of nitrogens with one attached hydrogen (secondary N) is 1. The topological polar surface area (TPSA) is 24.5 Å². The number of aryl methyl sites for hydroxylation is 1. The Labute approximate surface area is 145 Å². The van der Waals surface area contributed by atoms with E-state index in [9.17, 15) is 0 Å². The van der Waals surface area contributed by atoms with Gasteiger partial charge in [-0.2, -0.15) is 0 Å². The quantitative estimate of drug-likeness (QED) is 0.835. The summed E-state index contributed by atoms with van der Waals surface area (Å²) in [6.45, 7) is 6.43. The van der Waals surface area contributed by atoms with Crippen molar-refractivity contribution in [3.05, 3.63) is 65.2 Å². The van der Waals surface area contributed by atoms with Gasteiger partial charge in [-0.05, 0) is 56.1 Å². The van der Waals surface area contributed by atoms with Gasteiger partial charge in [-0.3, -0.25) is 4.90 Å². The Balaban J connectivity index is 1.65. The highest BCUT2D eigenvalue weighted by Gasteiger charge is 2.23. The highest BCUT2D eigenvalue weighted by molar-refractivity contribution is 5.29. The van der Waals surface area contributed by atoms with Crippen molar-refractivity contribution in [1.82, 2.24) is 10.2 Å². The Morgan fingerprint density at radius 3 is 2.50 bits per heavy atom. The van der Waals surface area contributed by atoms with Crippen LogP contribution in [0.15, 0.2) is 48.5 Å². The molecule has 1 aliphatic rings. The maximum absolute atomic E-state index is 5.30. The Bertz CT molecular complexity index is 633. The van der Waals surface area contributed by atoms with Crippen LogP contribution in [0.1, 0.15) is 35.6 Å². The average molecular weight is 324 g/mol. The number of methoxy groups -OCH3 is 1. The van der Waals surface area contributed by atoms with Crippen molar-refractivity contribution in [2.24, 2.45) is 0 Å². The van der Waals surface area contributed by atoms with E-state index >= 15 is 0 Å². The summed E-state index contributed by atoms with van der Waals surface area (Å²) in [6, 6.07) is 17.7. The lowest BCUT2D eigenvalue weighted by atomic mass is 10.0. The Morgan fingerprint density at radius 2 is 1.83 bits per heavy atom. The normalized spacial score (nSPS) is 16.2. The van der Waals surface area contributed by atoms with E-state index in [0.29, 0.717) is 6.04 Å². The minimum atomic E-state index is 0.434. The molecule has 1 fully saturated rings. The Kier molecular flexibility index (Phi) is 5.89. The van der Waals surface area contributed by atoms with Gasteiger partial charge in [0.15, 0.2) is 0 Å². The first-order valence-electron chi connectivity index (χ1n) is 8.90. The van der Waals surface area contributed by atoms with Gasteiger partial charge >= 0.3 is 0 Å². The molecule has 0 aromatic heterocycles. The number of rotatable bonds is 7. The number of likely N-dealkylation sites (tertiary alicyclic amines) is 1. The molecular formula is C21H28N2O. The minimum Gasteiger partial charge on any atom is -0.497 e. The summed E-state index contributed by atoms with van der Waals surface area (Å²) < 4.78 is 5.30. The second-order valence-electron chi connectivity index (χ2n) is 6.65. The highest BCUT2D eigenvalue weighted by Crippen LogP contribution is 2.26. The summed E-state index contributed by atoms with van der Waals surface area (Å²) in [6.07, 6.45) is 2.62. The van der Waals surface area contributed by atoms with Crippen LogP contribution in [0.25, 0.3) is 0 Å². The maximum atomic E-state index is 5.30. The van der Waals surface area contributed by atoms with Crippen molar-refractivity contribution in [1.29, 1.82) is 0 Å². The summed E-state index contributed by atoms with van der Waals surface area (Å²) in [5.41, 5.74) is 4.04. The second-order valence-corrected chi connectivity index (χ2v) is 6.65. The van der Waals surface area contributed by atoms with Crippen molar-refractivity contribution in [2.75, 3.05) is 26.7 Å². The lowest BCUT2D eigenvalue weighted by Crippen LogP contribution is -2.34. The first kappa shape index (κ1) is 17.0. The molecule has 24 heavy (non-hydrogen) atoms. The molecule has 128 valence electrons. The highest BCUT2D eigenvalue weighted by atomic mass is 16.5. The second kappa shape index (κ2) is 8.32. The third-order valence-corrected chi connectivity index (χ3v) is 4.83. The van der Waals surface area contributed by atoms with E-state index in [1.54, 1.807) is 7.11 Å². The lowest BCUT2D eigenvalue weighted by molar-refractivity contribution is 0.238. The summed E-state index contributed by atoms with van der Waals surface area (Å²) >= 11 is 0. The molecular weight excluding hydrogens is 296 g/mol. The molecule has 3 rings (SSSR count). The molecule has 2 aromatic carbocycles. The molecule has 0 bridgehead atoms. The van der Waals surface area contributed by atoms with Gasteiger partial charge in [0.2, 0.25) is 0 Å². The number of hydrogen-bond donors (Lipinski definition) is 1. The SMILES string of the molecule is COc1ccc(C(CNCc2cccc(C)c2)N2CCCC2)cc1. The average Bonchev–Trinajstić information content (AvgIpc) is 3.13. The summed E-state index contributed by atoms with van der Waals surface area (Å²) in [4.78, 5) is 2.60. The van der Waals surface area contributed by atoms with Gasteiger partial charge in [-0.15, -0.1) is 0 Å². The molecule has 1 N–H and O–H groups in total. The fourth-order valence-electron chi connectivity index (χ4n) is 3.51. The van der Waals surface area contributed by atoms with Gasteiger partial charge in [0, 0.05) is 19.1 Å². The third-order valence-electron chi connectivity index (χ3n) is 4.83. The number of hydrogen-bond acceptors (Lipinski definition) is 3. The maximum Gasteiger partial charge on any atom is 0.118 e. The summed E-state index contributed by atoms with van der Waals surface area (Å²) in [5.74, 6) is 0.923. The monoisotopic (exact) mass is 324 g/mol. The smallest absolute Gasteiger partial charge is 0.118 e. The molecule has 3 heteroatoms. The number of nitrogens with zero attached hydrogens (tertiary/aromatic N) is 1. The van der Waals surface area contributed by atoms with Crippen LogP contribution in [0.3, 0.4) is 0 Å². The van der Waals surface area contributed by atoms with Crippen LogP contribution in [-0.2, 0) is 6.54 Å². The molecule has 2 aromatic rings. The summed E-state index contributed by atoms with van der Waals surface area (Å²) in [7, 11) is 1.72. The zero-order valence-corrected chi connectivity index (χ0v) is 14.8. The van der Waals surface area contributed by atoms with Crippen molar-refractivity contribution in [2.45, 2.75) is 32.4 Å². The van der Waals surface area contributed by atoms with Crippen LogP contribution in [0.4, 0.5) is 0 Å². The van der Waals surface area contributed by atoms with E-state index in [0.717, 1.165) is 18.8 Å². The molecule has 0 aliphatic carbocycles. The van der Waals surface area contributed by atoms with E-state index < -0.39 is 0 Å². The van der Waals surface area contributed by atoms with E-state index in [4.69, 9.17) is 4.74 Å². The first-order valence-corrected chi connectivity index (χ1v) is 8.90. The van der Waals surface area contributed by atoms with Gasteiger partial charge in [-0.1, -0.05) is 42.0 Å². The van der Waals surface area contributed by atoms with Crippen molar-refractivity contribution in [3.8, 4) is 5.75 Å². The van der Waals surface area contributed by atoms with E-state index in [1.165, 1.54) is 42.6 Å². The lowest BCUT2D eigenvalue weighted by Gasteiger charge is -2.28. The fraction of sp³-hybridized carbons (Fsp3) is 0.429. The molecule has 1 unspecified atom stereocenters. The molecule has 1 atom stereocenters. The molecule has 0 amide bonds. The van der Waals surface area contributed by atoms with Crippen LogP contribution in [0.5, 0.6) is 5.75 Å². The molecule has 1 saturated heterocycles. The van der Waals surface area contributed by atoms with E-state index in [2.05, 4.69) is 65.7 Å². The van der Waals surface area contributed by atoms with Gasteiger partial charge in [0.05, 0.1) is 7.11 Å². The standard InChI is InChI=1S/C21H28N2O/c1-17-6-5-7-18(14-17)15-22-16-21(23-12-3-4-13-23)19-8-10-20(24-2)11-9-19/h5-11,14,21-22H,3-4,12-13,15-16H2,1-2H3. The van der Waals surface area contributed by atoms with Crippen LogP contribution in [0.2, 0.25) is 0 Å². The van der Waals surface area contributed by atoms with Crippen LogP contribution in [0, 0.1) is 6.92 Å². The molecule has 1 heterocycles. The zero-order chi connectivity index (χ0) is 16.8.